The lowest BCUT2D eigenvalue weighted by molar-refractivity contribution is -0.126. The Bertz CT molecular complexity index is 1010. The van der Waals surface area contributed by atoms with Crippen LogP contribution in [0, 0.1) is 5.82 Å². The Morgan fingerprint density at radius 1 is 1.14 bits per heavy atom. The first-order valence-corrected chi connectivity index (χ1v) is 10.1. The number of halogens is 1. The van der Waals surface area contributed by atoms with Crippen LogP contribution in [-0.4, -0.2) is 40.8 Å². The van der Waals surface area contributed by atoms with Crippen molar-refractivity contribution in [2.75, 3.05) is 18.2 Å². The molecule has 2 aromatic carbocycles. The zero-order valence-corrected chi connectivity index (χ0v) is 17.0. The van der Waals surface area contributed by atoms with Gasteiger partial charge >= 0.3 is 5.97 Å². The molecule has 1 amide bonds. The summed E-state index contributed by atoms with van der Waals surface area (Å²) in [6.07, 6.45) is 2.20. The molecule has 1 aromatic heterocycles. The summed E-state index contributed by atoms with van der Waals surface area (Å²) in [4.78, 5) is 31.1. The van der Waals surface area contributed by atoms with Crippen LogP contribution >= 0.6 is 11.8 Å². The van der Waals surface area contributed by atoms with Crippen molar-refractivity contribution < 1.29 is 18.7 Å². The fraction of sp³-hybridized carbons (Fsp3) is 0.190. The summed E-state index contributed by atoms with van der Waals surface area (Å²) in [6.45, 7) is 1.52. The van der Waals surface area contributed by atoms with Crippen molar-refractivity contribution >= 4 is 29.3 Å². The van der Waals surface area contributed by atoms with Crippen LogP contribution in [0.2, 0.25) is 0 Å². The van der Waals surface area contributed by atoms with E-state index in [0.717, 1.165) is 0 Å². The topological polar surface area (TPSA) is 64.4 Å². The molecule has 1 heterocycles. The molecule has 0 aliphatic rings. The lowest BCUT2D eigenvalue weighted by Gasteiger charge is -2.21. The second kappa shape index (κ2) is 8.91. The largest absolute Gasteiger partial charge is 0.448 e. The van der Waals surface area contributed by atoms with Crippen LogP contribution in [0.5, 0.6) is 0 Å². The quantitative estimate of drug-likeness (QED) is 0.452. The minimum absolute atomic E-state index is 0.156. The minimum atomic E-state index is -0.998. The van der Waals surface area contributed by atoms with Crippen LogP contribution in [0.1, 0.15) is 17.4 Å². The number of nitrogens with zero attached hydrogens (tertiary/aromatic N) is 3. The van der Waals surface area contributed by atoms with Gasteiger partial charge in [-0.1, -0.05) is 30.0 Å². The van der Waals surface area contributed by atoms with Gasteiger partial charge in [0.25, 0.3) is 5.91 Å². The Morgan fingerprint density at radius 3 is 2.41 bits per heavy atom. The van der Waals surface area contributed by atoms with Crippen molar-refractivity contribution in [2.45, 2.75) is 18.2 Å². The summed E-state index contributed by atoms with van der Waals surface area (Å²) in [7, 11) is 1.62. The summed E-state index contributed by atoms with van der Waals surface area (Å²) in [5.74, 6) is -1.43. The van der Waals surface area contributed by atoms with Crippen LogP contribution in [0.3, 0.4) is 0 Å². The van der Waals surface area contributed by atoms with E-state index in [1.54, 1.807) is 35.9 Å². The van der Waals surface area contributed by atoms with Gasteiger partial charge < -0.3 is 9.64 Å². The van der Waals surface area contributed by atoms with E-state index < -0.39 is 12.1 Å². The first kappa shape index (κ1) is 20.6. The van der Waals surface area contributed by atoms with E-state index in [1.165, 1.54) is 41.9 Å². The fourth-order valence-electron chi connectivity index (χ4n) is 2.79. The van der Waals surface area contributed by atoms with Crippen molar-refractivity contribution in [3.63, 3.8) is 0 Å². The van der Waals surface area contributed by atoms with Gasteiger partial charge in [0, 0.05) is 18.4 Å². The van der Waals surface area contributed by atoms with Gasteiger partial charge in [0.15, 0.2) is 17.0 Å². The highest BCUT2D eigenvalue weighted by Gasteiger charge is 2.26. The molecule has 3 aromatic rings. The van der Waals surface area contributed by atoms with E-state index in [0.29, 0.717) is 16.5 Å². The predicted molar refractivity (Wildman–Crippen MR) is 110 cm³/mol. The Kier molecular flexibility index (Phi) is 6.33. The number of carbonyl (C=O) groups excluding carboxylic acids is 2. The highest BCUT2D eigenvalue weighted by atomic mass is 32.2. The lowest BCUT2D eigenvalue weighted by atomic mass is 10.2. The van der Waals surface area contributed by atoms with Crippen LogP contribution in [0.25, 0.3) is 5.69 Å². The standard InChI is InChI=1S/C21H20FN3O3S/c1-14(19(26)24(2)16-7-5-4-6-8-16)28-20(27)18-13-23-21(29-3)25(18)17-11-9-15(22)10-12-17/h4-14H,1-3H3. The summed E-state index contributed by atoms with van der Waals surface area (Å²) >= 11 is 1.34. The van der Waals surface area contributed by atoms with E-state index in [-0.39, 0.29) is 17.4 Å². The van der Waals surface area contributed by atoms with Gasteiger partial charge in [0.05, 0.1) is 6.20 Å². The van der Waals surface area contributed by atoms with Crippen molar-refractivity contribution in [3.05, 3.63) is 72.3 Å². The second-order valence-corrected chi connectivity index (χ2v) is 7.00. The third-order valence-electron chi connectivity index (χ3n) is 4.31. The molecular formula is C21H20FN3O3S. The number of ether oxygens (including phenoxy) is 1. The molecule has 6 nitrogen and oxygen atoms in total. The van der Waals surface area contributed by atoms with Gasteiger partial charge in [0.2, 0.25) is 0 Å². The molecule has 0 N–H and O–H groups in total. The molecule has 0 radical (unpaired) electrons. The summed E-state index contributed by atoms with van der Waals surface area (Å²) in [5, 5.41) is 0.545. The minimum Gasteiger partial charge on any atom is -0.448 e. The maximum Gasteiger partial charge on any atom is 0.357 e. The first-order valence-electron chi connectivity index (χ1n) is 8.83. The molecule has 0 bridgehead atoms. The van der Waals surface area contributed by atoms with Gasteiger partial charge in [-0.3, -0.25) is 9.36 Å². The normalized spacial score (nSPS) is 11.7. The Balaban J connectivity index is 1.81. The van der Waals surface area contributed by atoms with E-state index in [1.807, 2.05) is 24.5 Å². The molecule has 0 saturated carbocycles. The average Bonchev–Trinajstić information content (AvgIpc) is 3.18. The van der Waals surface area contributed by atoms with Gasteiger partial charge in [-0.25, -0.2) is 14.2 Å². The molecule has 1 atom stereocenters. The maximum atomic E-state index is 13.3. The molecule has 8 heteroatoms. The molecule has 0 fully saturated rings. The molecule has 3 rings (SSSR count). The van der Waals surface area contributed by atoms with Crippen molar-refractivity contribution in [1.29, 1.82) is 0 Å². The number of amides is 1. The molecule has 0 saturated heterocycles. The Hall–Kier alpha value is -3.13. The molecule has 0 aliphatic carbocycles. The fourth-order valence-corrected chi connectivity index (χ4v) is 3.33. The number of benzene rings is 2. The Morgan fingerprint density at radius 2 is 1.79 bits per heavy atom. The number of aromatic nitrogens is 2. The number of likely N-dealkylation sites (N-methyl/N-ethyl adjacent to an activating group) is 1. The van der Waals surface area contributed by atoms with E-state index in [2.05, 4.69) is 4.98 Å². The molecule has 29 heavy (non-hydrogen) atoms. The maximum absolute atomic E-state index is 13.3. The average molecular weight is 413 g/mol. The van der Waals surface area contributed by atoms with Crippen molar-refractivity contribution in [3.8, 4) is 5.69 Å². The zero-order chi connectivity index (χ0) is 21.0. The van der Waals surface area contributed by atoms with Gasteiger partial charge in [-0.15, -0.1) is 0 Å². The number of hydrogen-bond donors (Lipinski definition) is 0. The van der Waals surface area contributed by atoms with E-state index in [4.69, 9.17) is 4.74 Å². The Labute approximate surface area is 172 Å². The highest BCUT2D eigenvalue weighted by molar-refractivity contribution is 7.98. The number of esters is 1. The molecule has 0 spiro atoms. The SMILES string of the molecule is CSc1ncc(C(=O)OC(C)C(=O)N(C)c2ccccc2)n1-c1ccc(F)cc1. The molecule has 1 unspecified atom stereocenters. The van der Waals surface area contributed by atoms with Crippen LogP contribution in [-0.2, 0) is 9.53 Å². The van der Waals surface area contributed by atoms with Crippen LogP contribution < -0.4 is 4.90 Å². The third-order valence-corrected chi connectivity index (χ3v) is 4.96. The smallest absolute Gasteiger partial charge is 0.357 e. The van der Waals surface area contributed by atoms with Gasteiger partial charge in [-0.2, -0.15) is 0 Å². The molecule has 150 valence electrons. The van der Waals surface area contributed by atoms with Crippen LogP contribution in [0.4, 0.5) is 10.1 Å². The molecule has 0 aliphatic heterocycles. The van der Waals surface area contributed by atoms with Crippen LogP contribution in [0.15, 0.2) is 66.0 Å². The van der Waals surface area contributed by atoms with Crippen molar-refractivity contribution in [1.82, 2.24) is 9.55 Å². The molecular weight excluding hydrogens is 393 g/mol. The van der Waals surface area contributed by atoms with Crippen molar-refractivity contribution in [2.24, 2.45) is 0 Å². The predicted octanol–water partition coefficient (Wildman–Crippen LogP) is 3.94. The number of rotatable bonds is 6. The first-order chi connectivity index (χ1) is 13.9. The summed E-state index contributed by atoms with van der Waals surface area (Å²) < 4.78 is 20.3. The number of para-hydroxylation sites is 1. The number of carbonyl (C=O) groups is 2. The zero-order valence-electron chi connectivity index (χ0n) is 16.2. The number of thioether (sulfide) groups is 1. The van der Waals surface area contributed by atoms with E-state index in [9.17, 15) is 14.0 Å². The van der Waals surface area contributed by atoms with E-state index >= 15 is 0 Å². The summed E-state index contributed by atoms with van der Waals surface area (Å²) in [5.41, 5.74) is 1.42. The summed E-state index contributed by atoms with van der Waals surface area (Å²) in [6, 6.07) is 14.8. The lowest BCUT2D eigenvalue weighted by Crippen LogP contribution is -2.37. The van der Waals surface area contributed by atoms with Gasteiger partial charge in [-0.05, 0) is 49.6 Å². The number of anilines is 1. The van der Waals surface area contributed by atoms with Gasteiger partial charge in [0.1, 0.15) is 5.82 Å². The number of hydrogen-bond acceptors (Lipinski definition) is 5. The highest BCUT2D eigenvalue weighted by Crippen LogP contribution is 2.23. The third kappa shape index (κ3) is 4.48. The number of imidazole rings is 1. The second-order valence-electron chi connectivity index (χ2n) is 6.22. The monoisotopic (exact) mass is 413 g/mol.